The van der Waals surface area contributed by atoms with Gasteiger partial charge in [-0.05, 0) is 0 Å². The standard InChI is InChI=1S/C6H9N3O2/c10-5-1-9(2-5)3-6-7-4-8-11-6/h4-5,10H,1-3H2. The molecule has 2 heterocycles. The van der Waals surface area contributed by atoms with E-state index in [1.807, 2.05) is 4.90 Å². The number of aliphatic hydroxyl groups is 1. The average molecular weight is 155 g/mol. The summed E-state index contributed by atoms with van der Waals surface area (Å²) in [5.41, 5.74) is 0. The lowest BCUT2D eigenvalue weighted by Gasteiger charge is -2.34. The van der Waals surface area contributed by atoms with Gasteiger partial charge in [0.05, 0.1) is 12.6 Å². The van der Waals surface area contributed by atoms with Crippen LogP contribution in [0.2, 0.25) is 0 Å². The predicted octanol–water partition coefficient (Wildman–Crippen LogP) is -0.754. The fraction of sp³-hybridized carbons (Fsp3) is 0.667. The number of aromatic nitrogens is 2. The molecule has 0 atom stereocenters. The maximum atomic E-state index is 8.94. The average Bonchev–Trinajstić information content (AvgIpc) is 2.36. The summed E-state index contributed by atoms with van der Waals surface area (Å²) in [4.78, 5) is 5.90. The van der Waals surface area contributed by atoms with Gasteiger partial charge in [-0.2, -0.15) is 4.98 Å². The van der Waals surface area contributed by atoms with Crippen LogP contribution in [0, 0.1) is 0 Å². The molecule has 0 amide bonds. The highest BCUT2D eigenvalue weighted by Gasteiger charge is 2.25. The number of β-amino-alcohol motifs (C(OH)–C–C–N with tert-alkyl or cyclic N) is 1. The molecule has 2 rings (SSSR count). The van der Waals surface area contributed by atoms with Crippen LogP contribution in [0.15, 0.2) is 10.9 Å². The van der Waals surface area contributed by atoms with Gasteiger partial charge in [0.25, 0.3) is 0 Å². The summed E-state index contributed by atoms with van der Waals surface area (Å²) in [7, 11) is 0. The second kappa shape index (κ2) is 2.60. The molecule has 1 N–H and O–H groups in total. The van der Waals surface area contributed by atoms with E-state index in [0.717, 1.165) is 0 Å². The molecule has 0 radical (unpaired) electrons. The van der Waals surface area contributed by atoms with Crippen LogP contribution in [-0.2, 0) is 6.54 Å². The molecule has 1 aromatic heterocycles. The molecule has 11 heavy (non-hydrogen) atoms. The number of aliphatic hydroxyl groups excluding tert-OH is 1. The molecule has 1 aliphatic heterocycles. The van der Waals surface area contributed by atoms with Crippen molar-refractivity contribution < 1.29 is 9.63 Å². The first kappa shape index (κ1) is 6.75. The number of nitrogens with zero attached hydrogens (tertiary/aromatic N) is 3. The molecule has 5 heteroatoms. The Labute approximate surface area is 63.6 Å². The highest BCUT2D eigenvalue weighted by Crippen LogP contribution is 2.10. The van der Waals surface area contributed by atoms with Gasteiger partial charge >= 0.3 is 0 Å². The Hall–Kier alpha value is -0.940. The molecule has 1 saturated heterocycles. The molecule has 0 spiro atoms. The molecule has 0 bridgehead atoms. The molecule has 0 unspecified atom stereocenters. The number of hydrogen-bond acceptors (Lipinski definition) is 5. The second-order valence-electron chi connectivity index (χ2n) is 2.68. The zero-order chi connectivity index (χ0) is 7.68. The Kier molecular flexibility index (Phi) is 1.59. The molecule has 1 aliphatic rings. The van der Waals surface area contributed by atoms with Crippen LogP contribution < -0.4 is 0 Å². The van der Waals surface area contributed by atoms with Crippen molar-refractivity contribution in [2.24, 2.45) is 0 Å². The highest BCUT2D eigenvalue weighted by atomic mass is 16.5. The van der Waals surface area contributed by atoms with E-state index in [1.165, 1.54) is 6.33 Å². The molecule has 0 aromatic carbocycles. The first-order valence-corrected chi connectivity index (χ1v) is 3.50. The molecule has 5 nitrogen and oxygen atoms in total. The fourth-order valence-corrected chi connectivity index (χ4v) is 1.13. The predicted molar refractivity (Wildman–Crippen MR) is 35.6 cm³/mol. The summed E-state index contributed by atoms with van der Waals surface area (Å²) in [6, 6.07) is 0. The third-order valence-corrected chi connectivity index (χ3v) is 1.70. The highest BCUT2D eigenvalue weighted by molar-refractivity contribution is 4.83. The van der Waals surface area contributed by atoms with Gasteiger partial charge in [0.15, 0.2) is 6.33 Å². The lowest BCUT2D eigenvalue weighted by molar-refractivity contribution is -0.00806. The quantitative estimate of drug-likeness (QED) is 0.608. The van der Waals surface area contributed by atoms with Crippen LogP contribution in [0.25, 0.3) is 0 Å². The SMILES string of the molecule is OC1CN(Cc2ncno2)C1. The van der Waals surface area contributed by atoms with E-state index in [4.69, 9.17) is 9.63 Å². The minimum absolute atomic E-state index is 0.169. The summed E-state index contributed by atoms with van der Waals surface area (Å²) >= 11 is 0. The number of rotatable bonds is 2. The molecule has 0 aliphatic carbocycles. The van der Waals surface area contributed by atoms with Crippen molar-refractivity contribution in [2.75, 3.05) is 13.1 Å². The largest absolute Gasteiger partial charge is 0.390 e. The van der Waals surface area contributed by atoms with Crippen LogP contribution in [0.4, 0.5) is 0 Å². The van der Waals surface area contributed by atoms with Gasteiger partial charge in [0, 0.05) is 13.1 Å². The van der Waals surface area contributed by atoms with Crippen LogP contribution >= 0.6 is 0 Å². The van der Waals surface area contributed by atoms with Gasteiger partial charge in [-0.25, -0.2) is 0 Å². The summed E-state index contributed by atoms with van der Waals surface area (Å²) in [6.45, 7) is 2.07. The monoisotopic (exact) mass is 155 g/mol. The van der Waals surface area contributed by atoms with E-state index in [9.17, 15) is 0 Å². The second-order valence-corrected chi connectivity index (χ2v) is 2.68. The third-order valence-electron chi connectivity index (χ3n) is 1.70. The lowest BCUT2D eigenvalue weighted by Crippen LogP contribution is -2.49. The van der Waals surface area contributed by atoms with E-state index >= 15 is 0 Å². The smallest absolute Gasteiger partial charge is 0.240 e. The van der Waals surface area contributed by atoms with E-state index in [1.54, 1.807) is 0 Å². The van der Waals surface area contributed by atoms with Crippen molar-refractivity contribution in [1.29, 1.82) is 0 Å². The fourth-order valence-electron chi connectivity index (χ4n) is 1.13. The van der Waals surface area contributed by atoms with Crippen molar-refractivity contribution in [2.45, 2.75) is 12.6 Å². The topological polar surface area (TPSA) is 62.4 Å². The van der Waals surface area contributed by atoms with Gasteiger partial charge < -0.3 is 9.63 Å². The lowest BCUT2D eigenvalue weighted by atomic mass is 10.2. The van der Waals surface area contributed by atoms with E-state index in [2.05, 4.69) is 10.1 Å². The summed E-state index contributed by atoms with van der Waals surface area (Å²) < 4.78 is 4.79. The zero-order valence-electron chi connectivity index (χ0n) is 5.97. The van der Waals surface area contributed by atoms with Crippen molar-refractivity contribution in [3.8, 4) is 0 Å². The van der Waals surface area contributed by atoms with E-state index in [0.29, 0.717) is 25.5 Å². The van der Waals surface area contributed by atoms with E-state index in [-0.39, 0.29) is 6.10 Å². The van der Waals surface area contributed by atoms with Gasteiger partial charge in [0.1, 0.15) is 0 Å². The molecule has 1 aromatic rings. The summed E-state index contributed by atoms with van der Waals surface area (Å²) in [6.07, 6.45) is 1.21. The van der Waals surface area contributed by atoms with Crippen LogP contribution in [0.5, 0.6) is 0 Å². The van der Waals surface area contributed by atoms with Gasteiger partial charge in [0.2, 0.25) is 5.89 Å². The van der Waals surface area contributed by atoms with Gasteiger partial charge in [-0.3, -0.25) is 4.90 Å². The van der Waals surface area contributed by atoms with Gasteiger partial charge in [-0.1, -0.05) is 5.16 Å². The first-order chi connectivity index (χ1) is 5.34. The van der Waals surface area contributed by atoms with Crippen molar-refractivity contribution in [1.82, 2.24) is 15.0 Å². The molecular formula is C6H9N3O2. The van der Waals surface area contributed by atoms with Crippen molar-refractivity contribution in [3.63, 3.8) is 0 Å². The first-order valence-electron chi connectivity index (χ1n) is 3.50. The summed E-state index contributed by atoms with van der Waals surface area (Å²) in [5, 5.41) is 12.4. The molecular weight excluding hydrogens is 146 g/mol. The van der Waals surface area contributed by atoms with Gasteiger partial charge in [-0.15, -0.1) is 0 Å². The Morgan fingerprint density at radius 2 is 2.55 bits per heavy atom. The number of likely N-dealkylation sites (tertiary alicyclic amines) is 1. The van der Waals surface area contributed by atoms with Crippen molar-refractivity contribution >= 4 is 0 Å². The Morgan fingerprint density at radius 3 is 3.09 bits per heavy atom. The van der Waals surface area contributed by atoms with Crippen LogP contribution in [-0.4, -0.2) is 39.3 Å². The maximum absolute atomic E-state index is 8.94. The number of hydrogen-bond donors (Lipinski definition) is 1. The normalized spacial score (nSPS) is 20.1. The molecule has 0 saturated carbocycles. The third kappa shape index (κ3) is 1.38. The Bertz CT molecular complexity index is 218. The van der Waals surface area contributed by atoms with E-state index < -0.39 is 0 Å². The Morgan fingerprint density at radius 1 is 1.73 bits per heavy atom. The van der Waals surface area contributed by atoms with Crippen molar-refractivity contribution in [3.05, 3.63) is 12.2 Å². The maximum Gasteiger partial charge on any atom is 0.240 e. The molecule has 1 fully saturated rings. The Balaban J connectivity index is 1.84. The van der Waals surface area contributed by atoms with Crippen LogP contribution in [0.3, 0.4) is 0 Å². The molecule has 60 valence electrons. The zero-order valence-corrected chi connectivity index (χ0v) is 5.97. The minimum atomic E-state index is -0.169. The van der Waals surface area contributed by atoms with Crippen LogP contribution in [0.1, 0.15) is 5.89 Å². The minimum Gasteiger partial charge on any atom is -0.390 e. The summed E-state index contributed by atoms with van der Waals surface area (Å²) in [5.74, 6) is 0.608.